The maximum atomic E-state index is 6.11. The molecule has 0 fully saturated rings. The third-order valence-corrected chi connectivity index (χ3v) is 2.79. The van der Waals surface area contributed by atoms with Gasteiger partial charge in [-0.05, 0) is 33.4 Å². The van der Waals surface area contributed by atoms with Crippen molar-refractivity contribution in [2.24, 2.45) is 7.05 Å². The Bertz CT molecular complexity index is 342. The highest BCUT2D eigenvalue weighted by Crippen LogP contribution is 2.19. The van der Waals surface area contributed by atoms with Gasteiger partial charge in [0.1, 0.15) is 5.15 Å². The molecular formula is C11H18ClN3. The molecule has 1 heterocycles. The number of aromatic nitrogens is 2. The Hall–Kier alpha value is -0.800. The highest BCUT2D eigenvalue weighted by Gasteiger charge is 2.08. The van der Waals surface area contributed by atoms with Gasteiger partial charge in [0.25, 0.3) is 0 Å². The first kappa shape index (κ1) is 12.3. The number of rotatable bonds is 5. The molecule has 15 heavy (non-hydrogen) atoms. The standard InChI is InChI=1S/C11H18ClN3/c1-9-10(11(12)15(3)14-9)7-5-4-6-8-13-2/h4-5,13H,6-8H2,1-3H3/b5-4+. The molecule has 3 nitrogen and oxygen atoms in total. The summed E-state index contributed by atoms with van der Waals surface area (Å²) < 4.78 is 1.72. The van der Waals surface area contributed by atoms with E-state index in [1.807, 2.05) is 21.0 Å². The van der Waals surface area contributed by atoms with Crippen LogP contribution in [0.3, 0.4) is 0 Å². The van der Waals surface area contributed by atoms with E-state index >= 15 is 0 Å². The fraction of sp³-hybridized carbons (Fsp3) is 0.545. The number of aryl methyl sites for hydroxylation is 2. The number of allylic oxidation sites excluding steroid dienone is 1. The van der Waals surface area contributed by atoms with Gasteiger partial charge in [0, 0.05) is 12.6 Å². The molecule has 0 spiro atoms. The molecule has 1 rings (SSSR count). The van der Waals surface area contributed by atoms with Crippen molar-refractivity contribution in [2.45, 2.75) is 19.8 Å². The number of nitrogens with zero attached hydrogens (tertiary/aromatic N) is 2. The third kappa shape index (κ3) is 3.36. The molecule has 0 aromatic carbocycles. The van der Waals surface area contributed by atoms with Crippen LogP contribution in [0.25, 0.3) is 0 Å². The molecule has 0 radical (unpaired) electrons. The average Bonchev–Trinajstić information content (AvgIpc) is 2.44. The van der Waals surface area contributed by atoms with Crippen molar-refractivity contribution in [3.8, 4) is 0 Å². The molecule has 1 aromatic heterocycles. The van der Waals surface area contributed by atoms with E-state index in [9.17, 15) is 0 Å². The van der Waals surface area contributed by atoms with E-state index in [0.717, 1.165) is 35.8 Å². The lowest BCUT2D eigenvalue weighted by Crippen LogP contribution is -2.05. The van der Waals surface area contributed by atoms with E-state index in [0.29, 0.717) is 0 Å². The van der Waals surface area contributed by atoms with Crippen LogP contribution in [0.4, 0.5) is 0 Å². The summed E-state index contributed by atoms with van der Waals surface area (Å²) in [6.45, 7) is 3.00. The maximum Gasteiger partial charge on any atom is 0.130 e. The highest BCUT2D eigenvalue weighted by atomic mass is 35.5. The average molecular weight is 228 g/mol. The predicted molar refractivity (Wildman–Crippen MR) is 64.3 cm³/mol. The summed E-state index contributed by atoms with van der Waals surface area (Å²) in [6.07, 6.45) is 6.22. The molecule has 0 saturated carbocycles. The SMILES string of the molecule is CNCC/C=C/Cc1c(C)nn(C)c1Cl. The van der Waals surface area contributed by atoms with Gasteiger partial charge in [-0.1, -0.05) is 23.8 Å². The normalized spacial score (nSPS) is 11.5. The molecule has 0 aliphatic carbocycles. The zero-order valence-corrected chi connectivity index (χ0v) is 10.3. The van der Waals surface area contributed by atoms with Gasteiger partial charge >= 0.3 is 0 Å². The van der Waals surface area contributed by atoms with Crippen LogP contribution in [0.5, 0.6) is 0 Å². The summed E-state index contributed by atoms with van der Waals surface area (Å²) in [5, 5.41) is 8.11. The van der Waals surface area contributed by atoms with Crippen LogP contribution >= 0.6 is 11.6 Å². The second-order valence-corrected chi connectivity index (χ2v) is 3.90. The van der Waals surface area contributed by atoms with E-state index in [2.05, 4.69) is 22.6 Å². The van der Waals surface area contributed by atoms with Crippen molar-refractivity contribution in [1.29, 1.82) is 0 Å². The summed E-state index contributed by atoms with van der Waals surface area (Å²) in [4.78, 5) is 0. The molecule has 0 unspecified atom stereocenters. The van der Waals surface area contributed by atoms with Crippen molar-refractivity contribution in [3.63, 3.8) is 0 Å². The first-order valence-electron chi connectivity index (χ1n) is 5.14. The highest BCUT2D eigenvalue weighted by molar-refractivity contribution is 6.30. The van der Waals surface area contributed by atoms with Crippen LogP contribution in [-0.2, 0) is 13.5 Å². The van der Waals surface area contributed by atoms with Gasteiger partial charge in [0.05, 0.1) is 5.69 Å². The van der Waals surface area contributed by atoms with Gasteiger partial charge in [-0.15, -0.1) is 0 Å². The quantitative estimate of drug-likeness (QED) is 0.617. The Morgan fingerprint density at radius 2 is 2.20 bits per heavy atom. The fourth-order valence-corrected chi connectivity index (χ4v) is 1.70. The lowest BCUT2D eigenvalue weighted by molar-refractivity contribution is 0.757. The van der Waals surface area contributed by atoms with E-state index in [1.165, 1.54) is 0 Å². The Labute approximate surface area is 96.1 Å². The van der Waals surface area contributed by atoms with Crippen molar-refractivity contribution >= 4 is 11.6 Å². The molecule has 0 bridgehead atoms. The van der Waals surface area contributed by atoms with E-state index in [-0.39, 0.29) is 0 Å². The van der Waals surface area contributed by atoms with Gasteiger partial charge < -0.3 is 5.32 Å². The Balaban J connectivity index is 2.53. The molecule has 0 amide bonds. The molecule has 4 heteroatoms. The lowest BCUT2D eigenvalue weighted by atomic mass is 10.2. The molecule has 0 aliphatic rings. The number of hydrogen-bond acceptors (Lipinski definition) is 2. The van der Waals surface area contributed by atoms with Gasteiger partial charge in [-0.3, -0.25) is 4.68 Å². The molecular weight excluding hydrogens is 210 g/mol. The van der Waals surface area contributed by atoms with Gasteiger partial charge in [0.15, 0.2) is 0 Å². The summed E-state index contributed by atoms with van der Waals surface area (Å²) in [6, 6.07) is 0. The second kappa shape index (κ2) is 5.93. The topological polar surface area (TPSA) is 29.9 Å². The zero-order chi connectivity index (χ0) is 11.3. The van der Waals surface area contributed by atoms with Gasteiger partial charge in [-0.2, -0.15) is 5.10 Å². The van der Waals surface area contributed by atoms with E-state index in [1.54, 1.807) is 4.68 Å². The predicted octanol–water partition coefficient (Wildman–Crippen LogP) is 2.09. The van der Waals surface area contributed by atoms with E-state index in [4.69, 9.17) is 11.6 Å². The first-order valence-corrected chi connectivity index (χ1v) is 5.52. The number of halogens is 1. The van der Waals surface area contributed by atoms with Gasteiger partial charge in [-0.25, -0.2) is 0 Å². The van der Waals surface area contributed by atoms with Crippen molar-refractivity contribution in [3.05, 3.63) is 28.6 Å². The molecule has 0 aliphatic heterocycles. The minimum atomic E-state index is 0.741. The zero-order valence-electron chi connectivity index (χ0n) is 9.55. The summed E-state index contributed by atoms with van der Waals surface area (Å²) >= 11 is 6.11. The Morgan fingerprint density at radius 1 is 1.47 bits per heavy atom. The summed E-state index contributed by atoms with van der Waals surface area (Å²) in [7, 11) is 3.82. The van der Waals surface area contributed by atoms with Crippen molar-refractivity contribution in [2.75, 3.05) is 13.6 Å². The third-order valence-electron chi connectivity index (χ3n) is 2.32. The molecule has 84 valence electrons. The maximum absolute atomic E-state index is 6.11. The smallest absolute Gasteiger partial charge is 0.130 e. The fourth-order valence-electron chi connectivity index (χ4n) is 1.45. The Morgan fingerprint density at radius 3 is 2.73 bits per heavy atom. The largest absolute Gasteiger partial charge is 0.319 e. The second-order valence-electron chi connectivity index (χ2n) is 3.55. The summed E-state index contributed by atoms with van der Waals surface area (Å²) in [5.41, 5.74) is 2.14. The van der Waals surface area contributed by atoms with Gasteiger partial charge in [0.2, 0.25) is 0 Å². The number of nitrogens with one attached hydrogen (secondary N) is 1. The van der Waals surface area contributed by atoms with Crippen LogP contribution in [0.1, 0.15) is 17.7 Å². The van der Waals surface area contributed by atoms with Crippen LogP contribution in [-0.4, -0.2) is 23.4 Å². The van der Waals surface area contributed by atoms with Crippen molar-refractivity contribution < 1.29 is 0 Å². The first-order chi connectivity index (χ1) is 7.16. The lowest BCUT2D eigenvalue weighted by Gasteiger charge is -1.95. The van der Waals surface area contributed by atoms with Crippen LogP contribution in [0.15, 0.2) is 12.2 Å². The molecule has 1 N–H and O–H groups in total. The van der Waals surface area contributed by atoms with Crippen LogP contribution in [0.2, 0.25) is 5.15 Å². The van der Waals surface area contributed by atoms with Crippen molar-refractivity contribution in [1.82, 2.24) is 15.1 Å². The molecule has 0 saturated heterocycles. The van der Waals surface area contributed by atoms with E-state index < -0.39 is 0 Å². The minimum absolute atomic E-state index is 0.741. The monoisotopic (exact) mass is 227 g/mol. The molecule has 1 aromatic rings. The minimum Gasteiger partial charge on any atom is -0.319 e. The number of hydrogen-bond donors (Lipinski definition) is 1. The Kier molecular flexibility index (Phi) is 4.85. The summed E-state index contributed by atoms with van der Waals surface area (Å²) in [5.74, 6) is 0. The van der Waals surface area contributed by atoms with Crippen LogP contribution < -0.4 is 5.32 Å². The van der Waals surface area contributed by atoms with Crippen LogP contribution in [0, 0.1) is 6.92 Å². The molecule has 0 atom stereocenters.